The second kappa shape index (κ2) is 31.7. The highest BCUT2D eigenvalue weighted by Gasteiger charge is 2.12. The third-order valence-electron chi connectivity index (χ3n) is 9.52. The number of nitrogens with one attached hydrogen (secondary N) is 2. The topological polar surface area (TPSA) is 57.8 Å². The molecule has 0 aliphatic rings. The fourth-order valence-electron chi connectivity index (χ4n) is 6.44. The highest BCUT2D eigenvalue weighted by Crippen LogP contribution is 2.17. The van der Waals surface area contributed by atoms with Crippen molar-refractivity contribution in [2.45, 2.75) is 232 Å². The maximum absolute atomic E-state index is 12.5. The average molecular weight is 616 g/mol. The van der Waals surface area contributed by atoms with Crippen LogP contribution in [0.15, 0.2) is 6.20 Å². The summed E-state index contributed by atoms with van der Waals surface area (Å²) in [5, 5.41) is 3.17. The zero-order valence-electron chi connectivity index (χ0n) is 30.1. The van der Waals surface area contributed by atoms with Crippen molar-refractivity contribution < 1.29 is 4.79 Å². The highest BCUT2D eigenvalue weighted by molar-refractivity contribution is 5.76. The van der Waals surface area contributed by atoms with Crippen molar-refractivity contribution in [3.63, 3.8) is 0 Å². The van der Waals surface area contributed by atoms with E-state index in [2.05, 4.69) is 36.1 Å². The molecule has 0 bridgehead atoms. The van der Waals surface area contributed by atoms with E-state index in [4.69, 9.17) is 0 Å². The zero-order chi connectivity index (χ0) is 31.8. The van der Waals surface area contributed by atoms with Crippen LogP contribution in [0.2, 0.25) is 0 Å². The predicted molar refractivity (Wildman–Crippen MR) is 193 cm³/mol. The second-order valence-electron chi connectivity index (χ2n) is 14.0. The molecule has 1 atom stereocenters. The first-order chi connectivity index (χ1) is 21.7. The predicted octanol–water partition coefficient (Wildman–Crippen LogP) is 13.3. The summed E-state index contributed by atoms with van der Waals surface area (Å²) in [5.41, 5.74) is 1.03. The minimum absolute atomic E-state index is 0.00106. The first kappa shape index (κ1) is 40.7. The summed E-state index contributed by atoms with van der Waals surface area (Å²) in [5.74, 6) is 1.24. The van der Waals surface area contributed by atoms with Crippen LogP contribution in [0.1, 0.15) is 237 Å². The Labute approximate surface area is 275 Å². The summed E-state index contributed by atoms with van der Waals surface area (Å²) in [6.07, 6.45) is 44.7. The lowest BCUT2D eigenvalue weighted by Gasteiger charge is -2.12. The summed E-state index contributed by atoms with van der Waals surface area (Å²) in [7, 11) is 0. The molecule has 0 fully saturated rings. The fourth-order valence-corrected chi connectivity index (χ4v) is 6.44. The molecule has 0 aliphatic heterocycles. The van der Waals surface area contributed by atoms with Crippen LogP contribution in [-0.2, 0) is 11.2 Å². The van der Waals surface area contributed by atoms with Gasteiger partial charge in [0.05, 0.1) is 17.9 Å². The highest BCUT2D eigenvalue weighted by atomic mass is 16.1. The number of unbranched alkanes of at least 4 members (excludes halogenated alkanes) is 28. The molecule has 258 valence electrons. The molecule has 0 aromatic carbocycles. The smallest absolute Gasteiger partial charge is 0.220 e. The van der Waals surface area contributed by atoms with Crippen LogP contribution < -0.4 is 5.32 Å². The molecule has 1 aromatic rings. The Morgan fingerprint density at radius 1 is 0.568 bits per heavy atom. The molecular weight excluding hydrogens is 538 g/mol. The van der Waals surface area contributed by atoms with E-state index in [0.29, 0.717) is 6.42 Å². The number of carbonyl (C=O) groups excluding carboxylic acids is 1. The van der Waals surface area contributed by atoms with E-state index < -0.39 is 0 Å². The molecule has 1 rings (SSSR count). The van der Waals surface area contributed by atoms with Crippen LogP contribution >= 0.6 is 0 Å². The first-order valence-corrected chi connectivity index (χ1v) is 20.0. The van der Waals surface area contributed by atoms with Crippen LogP contribution in [0.25, 0.3) is 0 Å². The number of H-pyrrole nitrogens is 1. The summed E-state index contributed by atoms with van der Waals surface area (Å²) >= 11 is 0. The molecule has 4 heteroatoms. The minimum Gasteiger partial charge on any atom is -0.348 e. The molecule has 4 nitrogen and oxygen atoms in total. The van der Waals surface area contributed by atoms with E-state index in [1.807, 2.05) is 6.20 Å². The third kappa shape index (κ3) is 26.0. The van der Waals surface area contributed by atoms with E-state index in [1.165, 1.54) is 186 Å². The van der Waals surface area contributed by atoms with Gasteiger partial charge in [-0.3, -0.25) is 4.79 Å². The molecule has 0 aliphatic carbocycles. The Morgan fingerprint density at radius 3 is 1.30 bits per heavy atom. The normalized spacial score (nSPS) is 12.2. The minimum atomic E-state index is 0.00106. The molecule has 44 heavy (non-hydrogen) atoms. The van der Waals surface area contributed by atoms with Crippen LogP contribution in [0.5, 0.6) is 0 Å². The summed E-state index contributed by atoms with van der Waals surface area (Å²) in [6, 6.07) is 0.00106. The van der Waals surface area contributed by atoms with Crippen molar-refractivity contribution in [2.75, 3.05) is 0 Å². The molecule has 1 amide bonds. The summed E-state index contributed by atoms with van der Waals surface area (Å²) in [4.78, 5) is 20.5. The maximum atomic E-state index is 12.5. The molecular formula is C40H77N3O. The van der Waals surface area contributed by atoms with Gasteiger partial charge in [-0.25, -0.2) is 4.98 Å². The summed E-state index contributed by atoms with van der Waals surface area (Å²) in [6.45, 7) is 6.65. The number of carbonyl (C=O) groups is 1. The quantitative estimate of drug-likeness (QED) is 0.0758. The van der Waals surface area contributed by atoms with E-state index in [9.17, 15) is 4.79 Å². The lowest BCUT2D eigenvalue weighted by atomic mass is 10.0. The number of hydrogen-bond acceptors (Lipinski definition) is 2. The largest absolute Gasteiger partial charge is 0.348 e. The van der Waals surface area contributed by atoms with Gasteiger partial charge in [0.2, 0.25) is 5.91 Å². The SMILES string of the molecule is CCCCCCCCCCCCCCCCCC(=O)NC(C)c1cnc(CCCCCCCCCCCCCCCCC)[nH]1. The standard InChI is InChI=1S/C40H77N3O/c1-4-6-8-10-12-14-16-18-20-22-24-26-28-30-32-34-39-41-36-38(43-39)37(3)42-40(44)35-33-31-29-27-25-23-21-19-17-15-13-11-9-7-5-2/h36-37H,4-35H2,1-3H3,(H,41,43)(H,42,44). The van der Waals surface area contributed by atoms with Crippen molar-refractivity contribution in [1.29, 1.82) is 0 Å². The summed E-state index contributed by atoms with van der Waals surface area (Å²) < 4.78 is 0. The van der Waals surface area contributed by atoms with Gasteiger partial charge in [-0.2, -0.15) is 0 Å². The second-order valence-corrected chi connectivity index (χ2v) is 14.0. The van der Waals surface area contributed by atoms with E-state index in [0.717, 1.165) is 24.4 Å². The molecule has 0 saturated carbocycles. The van der Waals surface area contributed by atoms with Crippen molar-refractivity contribution in [2.24, 2.45) is 0 Å². The number of nitrogens with zero attached hydrogens (tertiary/aromatic N) is 1. The zero-order valence-corrected chi connectivity index (χ0v) is 30.1. The van der Waals surface area contributed by atoms with Crippen LogP contribution in [0.3, 0.4) is 0 Å². The van der Waals surface area contributed by atoms with Gasteiger partial charge < -0.3 is 10.3 Å². The van der Waals surface area contributed by atoms with Gasteiger partial charge in [-0.05, 0) is 19.8 Å². The van der Waals surface area contributed by atoms with Crippen molar-refractivity contribution in [3.8, 4) is 0 Å². The number of rotatable bonds is 34. The molecule has 0 saturated heterocycles. The number of aromatic nitrogens is 2. The number of hydrogen-bond donors (Lipinski definition) is 2. The van der Waals surface area contributed by atoms with Crippen molar-refractivity contribution >= 4 is 5.91 Å². The van der Waals surface area contributed by atoms with Gasteiger partial charge >= 0.3 is 0 Å². The lowest BCUT2D eigenvalue weighted by Crippen LogP contribution is -2.26. The Morgan fingerprint density at radius 2 is 0.909 bits per heavy atom. The molecule has 0 spiro atoms. The monoisotopic (exact) mass is 616 g/mol. The number of aromatic amines is 1. The van der Waals surface area contributed by atoms with Gasteiger partial charge in [0.25, 0.3) is 0 Å². The van der Waals surface area contributed by atoms with Crippen molar-refractivity contribution in [1.82, 2.24) is 15.3 Å². The van der Waals surface area contributed by atoms with Crippen LogP contribution in [-0.4, -0.2) is 15.9 Å². The fraction of sp³-hybridized carbons (Fsp3) is 0.900. The van der Waals surface area contributed by atoms with Gasteiger partial charge in [-0.15, -0.1) is 0 Å². The van der Waals surface area contributed by atoms with Crippen LogP contribution in [0.4, 0.5) is 0 Å². The number of imidazole rings is 1. The number of amides is 1. The molecule has 2 N–H and O–H groups in total. The van der Waals surface area contributed by atoms with Gasteiger partial charge in [0.1, 0.15) is 5.82 Å². The Kier molecular flexibility index (Phi) is 29.3. The Hall–Kier alpha value is -1.32. The average Bonchev–Trinajstić information content (AvgIpc) is 3.50. The van der Waals surface area contributed by atoms with Gasteiger partial charge in [0.15, 0.2) is 0 Å². The van der Waals surface area contributed by atoms with E-state index >= 15 is 0 Å². The molecule has 0 radical (unpaired) electrons. The Balaban J connectivity index is 1.91. The van der Waals surface area contributed by atoms with E-state index in [-0.39, 0.29) is 11.9 Å². The lowest BCUT2D eigenvalue weighted by molar-refractivity contribution is -0.121. The van der Waals surface area contributed by atoms with Gasteiger partial charge in [-0.1, -0.05) is 194 Å². The maximum Gasteiger partial charge on any atom is 0.220 e. The number of aryl methyl sites for hydroxylation is 1. The van der Waals surface area contributed by atoms with Crippen molar-refractivity contribution in [3.05, 3.63) is 17.7 Å². The molecule has 1 heterocycles. The third-order valence-corrected chi connectivity index (χ3v) is 9.52. The first-order valence-electron chi connectivity index (χ1n) is 20.0. The Bertz CT molecular complexity index is 730. The molecule has 1 aromatic heterocycles. The molecule has 1 unspecified atom stereocenters. The van der Waals surface area contributed by atoms with Gasteiger partial charge in [0, 0.05) is 12.8 Å². The van der Waals surface area contributed by atoms with Crippen LogP contribution in [0, 0.1) is 0 Å². The van der Waals surface area contributed by atoms with E-state index in [1.54, 1.807) is 0 Å².